The third kappa shape index (κ3) is 4.98. The third-order valence-corrected chi connectivity index (χ3v) is 7.03. The topological polar surface area (TPSA) is 93.6 Å². The smallest absolute Gasteiger partial charge is 0.329 e. The Kier molecular flexibility index (Phi) is 6.77. The maximum atomic E-state index is 13.6. The Bertz CT molecular complexity index is 1470. The van der Waals surface area contributed by atoms with Crippen molar-refractivity contribution in [3.05, 3.63) is 80.5 Å². The highest BCUT2D eigenvalue weighted by molar-refractivity contribution is 7.22. The molecule has 10 heteroatoms. The average molecular weight is 503 g/mol. The minimum atomic E-state index is -3.42. The zero-order chi connectivity index (χ0) is 25.3. The maximum absolute atomic E-state index is 13.6. The molecule has 0 aliphatic rings. The van der Waals surface area contributed by atoms with Gasteiger partial charge in [-0.15, -0.1) is 11.3 Å². The number of hydrogen-bond donors (Lipinski definition) is 2. The number of aromatic nitrogens is 2. The van der Waals surface area contributed by atoms with Gasteiger partial charge in [0.15, 0.2) is 11.5 Å². The molecular weight excluding hydrogens is 478 g/mol. The Morgan fingerprint density at radius 3 is 2.51 bits per heavy atom. The van der Waals surface area contributed by atoms with E-state index >= 15 is 0 Å². The van der Waals surface area contributed by atoms with Crippen LogP contribution in [-0.2, 0) is 13.2 Å². The zero-order valence-corrected chi connectivity index (χ0v) is 20.1. The first-order valence-corrected chi connectivity index (χ1v) is 11.6. The van der Waals surface area contributed by atoms with Gasteiger partial charge >= 0.3 is 5.69 Å². The van der Waals surface area contributed by atoms with Gasteiger partial charge in [-0.05, 0) is 41.8 Å². The molecule has 0 bridgehead atoms. The highest BCUT2D eigenvalue weighted by atomic mass is 32.1. The Morgan fingerprint density at radius 1 is 1.14 bits per heavy atom. The van der Waals surface area contributed by atoms with E-state index in [1.165, 1.54) is 7.11 Å². The molecule has 1 atom stereocenters. The lowest BCUT2D eigenvalue weighted by Gasteiger charge is -2.19. The SMILES string of the molecule is COc1cc(-c2sc3c(c2C)c(=O)[nH]c(=O)n3CC(O)C(C)(F)F)ccc1OCc1ccccc1. The summed E-state index contributed by atoms with van der Waals surface area (Å²) in [6.45, 7) is 1.98. The van der Waals surface area contributed by atoms with Gasteiger partial charge in [-0.1, -0.05) is 30.3 Å². The van der Waals surface area contributed by atoms with Crippen molar-refractivity contribution in [2.45, 2.75) is 39.0 Å². The number of aliphatic hydroxyl groups excluding tert-OH is 1. The van der Waals surface area contributed by atoms with Crippen LogP contribution < -0.4 is 20.7 Å². The lowest BCUT2D eigenvalue weighted by Crippen LogP contribution is -2.39. The summed E-state index contributed by atoms with van der Waals surface area (Å²) in [6, 6.07) is 15.0. The van der Waals surface area contributed by atoms with Gasteiger partial charge in [0.1, 0.15) is 17.5 Å². The summed E-state index contributed by atoms with van der Waals surface area (Å²) in [6.07, 6.45) is -2.10. The number of rotatable bonds is 8. The maximum Gasteiger partial charge on any atom is 0.329 e. The normalized spacial score (nSPS) is 12.6. The Labute approximate surface area is 203 Å². The number of benzene rings is 2. The van der Waals surface area contributed by atoms with E-state index in [-0.39, 0.29) is 10.2 Å². The second kappa shape index (κ2) is 9.63. The molecule has 2 aromatic heterocycles. The van der Waals surface area contributed by atoms with E-state index in [0.717, 1.165) is 21.5 Å². The van der Waals surface area contributed by atoms with Gasteiger partial charge in [-0.3, -0.25) is 14.3 Å². The van der Waals surface area contributed by atoms with Crippen LogP contribution in [0.3, 0.4) is 0 Å². The number of nitrogens with zero attached hydrogens (tertiary/aromatic N) is 1. The van der Waals surface area contributed by atoms with Gasteiger partial charge in [-0.25, -0.2) is 13.6 Å². The molecule has 0 radical (unpaired) electrons. The van der Waals surface area contributed by atoms with Crippen molar-refractivity contribution < 1.29 is 23.4 Å². The highest BCUT2D eigenvalue weighted by Gasteiger charge is 2.33. The lowest BCUT2D eigenvalue weighted by atomic mass is 10.1. The van der Waals surface area contributed by atoms with Gasteiger partial charge in [0.2, 0.25) is 0 Å². The summed E-state index contributed by atoms with van der Waals surface area (Å²) >= 11 is 1.11. The summed E-state index contributed by atoms with van der Waals surface area (Å²) in [5.41, 5.74) is 0.802. The van der Waals surface area contributed by atoms with Crippen LogP contribution in [-0.4, -0.2) is 33.8 Å². The fraction of sp³-hybridized carbons (Fsp3) is 0.280. The van der Waals surface area contributed by atoms with Crippen molar-refractivity contribution in [3.63, 3.8) is 0 Å². The zero-order valence-electron chi connectivity index (χ0n) is 19.3. The molecule has 0 aliphatic carbocycles. The van der Waals surface area contributed by atoms with E-state index in [1.807, 2.05) is 30.3 Å². The van der Waals surface area contributed by atoms with Gasteiger partial charge < -0.3 is 14.6 Å². The van der Waals surface area contributed by atoms with Gasteiger partial charge in [0, 0.05) is 11.8 Å². The predicted molar refractivity (Wildman–Crippen MR) is 131 cm³/mol. The number of halogens is 2. The summed E-state index contributed by atoms with van der Waals surface area (Å²) in [4.78, 5) is 28.0. The van der Waals surface area contributed by atoms with Crippen LogP contribution in [0.25, 0.3) is 20.7 Å². The second-order valence-electron chi connectivity index (χ2n) is 8.22. The first-order valence-electron chi connectivity index (χ1n) is 10.8. The number of aryl methyl sites for hydroxylation is 1. The Morgan fingerprint density at radius 2 is 1.86 bits per heavy atom. The molecule has 0 aliphatic heterocycles. The molecule has 4 rings (SSSR count). The summed E-state index contributed by atoms with van der Waals surface area (Å²) < 4.78 is 39.6. The fourth-order valence-electron chi connectivity index (χ4n) is 3.71. The number of nitrogens with one attached hydrogen (secondary N) is 1. The molecule has 0 saturated heterocycles. The summed E-state index contributed by atoms with van der Waals surface area (Å²) in [5, 5.41) is 10.1. The largest absolute Gasteiger partial charge is 0.493 e. The van der Waals surface area contributed by atoms with Crippen LogP contribution in [0.2, 0.25) is 0 Å². The average Bonchev–Trinajstić information content (AvgIpc) is 3.17. The van der Waals surface area contributed by atoms with Gasteiger partial charge in [0.25, 0.3) is 11.5 Å². The minimum absolute atomic E-state index is 0.206. The van der Waals surface area contributed by atoms with Crippen LogP contribution in [0.1, 0.15) is 18.1 Å². The monoisotopic (exact) mass is 502 g/mol. The molecule has 2 heterocycles. The molecule has 1 unspecified atom stereocenters. The fourth-order valence-corrected chi connectivity index (χ4v) is 5.02. The number of ether oxygens (including phenoxy) is 2. The van der Waals surface area contributed by atoms with E-state index < -0.39 is 29.8 Å². The molecule has 0 saturated carbocycles. The Balaban J connectivity index is 1.75. The third-order valence-electron chi connectivity index (χ3n) is 5.67. The van der Waals surface area contributed by atoms with Crippen LogP contribution >= 0.6 is 11.3 Å². The van der Waals surface area contributed by atoms with E-state index in [2.05, 4.69) is 4.98 Å². The predicted octanol–water partition coefficient (Wildman–Crippen LogP) is 4.33. The van der Waals surface area contributed by atoms with Gasteiger partial charge in [-0.2, -0.15) is 0 Å². The number of alkyl halides is 2. The van der Waals surface area contributed by atoms with Crippen molar-refractivity contribution in [2.24, 2.45) is 0 Å². The summed E-state index contributed by atoms with van der Waals surface area (Å²) in [7, 11) is 1.51. The molecule has 0 fully saturated rings. The van der Waals surface area contributed by atoms with Crippen molar-refractivity contribution in [1.29, 1.82) is 0 Å². The number of thiophene rings is 1. The Hall–Kier alpha value is -3.50. The number of hydrogen-bond acceptors (Lipinski definition) is 6. The molecule has 35 heavy (non-hydrogen) atoms. The number of methoxy groups -OCH3 is 1. The van der Waals surface area contributed by atoms with Crippen molar-refractivity contribution >= 4 is 21.6 Å². The quantitative estimate of drug-likeness (QED) is 0.374. The standard InChI is InChI=1S/C25H24F2N2O5S/c1-14-20-22(31)28-24(32)29(12-19(30)25(2,26)27)23(20)35-21(14)16-9-10-17(18(11-16)33-3)34-13-15-7-5-4-6-8-15/h4-11,19,30H,12-13H2,1-3H3,(H,28,31,32). The first-order chi connectivity index (χ1) is 16.6. The molecular formula is C25H24F2N2O5S. The van der Waals surface area contributed by atoms with E-state index in [4.69, 9.17) is 9.47 Å². The van der Waals surface area contributed by atoms with E-state index in [0.29, 0.717) is 41.0 Å². The molecule has 4 aromatic rings. The number of fused-ring (bicyclic) bond motifs is 1. The van der Waals surface area contributed by atoms with Crippen molar-refractivity contribution in [2.75, 3.05) is 7.11 Å². The summed E-state index contributed by atoms with van der Waals surface area (Å²) in [5.74, 6) is -2.41. The second-order valence-corrected chi connectivity index (χ2v) is 9.22. The first kappa shape index (κ1) is 24.6. The van der Waals surface area contributed by atoms with Crippen LogP contribution in [0.4, 0.5) is 8.78 Å². The van der Waals surface area contributed by atoms with Crippen molar-refractivity contribution in [1.82, 2.24) is 9.55 Å². The molecule has 184 valence electrons. The van der Waals surface area contributed by atoms with E-state index in [1.54, 1.807) is 25.1 Å². The highest BCUT2D eigenvalue weighted by Crippen LogP contribution is 2.40. The number of aromatic amines is 1. The molecule has 0 amide bonds. The molecule has 2 aromatic carbocycles. The van der Waals surface area contributed by atoms with Crippen LogP contribution in [0.5, 0.6) is 11.5 Å². The number of aliphatic hydroxyl groups is 1. The van der Waals surface area contributed by atoms with Crippen molar-refractivity contribution in [3.8, 4) is 21.9 Å². The van der Waals surface area contributed by atoms with Crippen LogP contribution in [0, 0.1) is 6.92 Å². The number of H-pyrrole nitrogens is 1. The molecule has 7 nitrogen and oxygen atoms in total. The van der Waals surface area contributed by atoms with Gasteiger partial charge in [0.05, 0.1) is 19.0 Å². The molecule has 0 spiro atoms. The lowest BCUT2D eigenvalue weighted by molar-refractivity contribution is -0.0990. The molecule has 2 N–H and O–H groups in total. The van der Waals surface area contributed by atoms with E-state index in [9.17, 15) is 23.5 Å². The minimum Gasteiger partial charge on any atom is -0.493 e. The van der Waals surface area contributed by atoms with Crippen LogP contribution in [0.15, 0.2) is 58.1 Å².